The first kappa shape index (κ1) is 9.02. The van der Waals surface area contributed by atoms with Crippen molar-refractivity contribution in [1.82, 2.24) is 4.57 Å². The molecule has 0 fully saturated rings. The number of fused-ring (bicyclic) bond motifs is 1. The van der Waals surface area contributed by atoms with E-state index in [4.69, 9.17) is 5.73 Å². The van der Waals surface area contributed by atoms with Gasteiger partial charge in [-0.2, -0.15) is 0 Å². The van der Waals surface area contributed by atoms with Crippen molar-refractivity contribution in [3.63, 3.8) is 0 Å². The first-order valence-electron chi connectivity index (χ1n) is 4.31. The SMILES string of the molecule is Cn1c(CN)cc2c(O)c(F)ccc21. The van der Waals surface area contributed by atoms with Crippen LogP contribution in [0.15, 0.2) is 18.2 Å². The van der Waals surface area contributed by atoms with E-state index in [9.17, 15) is 9.50 Å². The fourth-order valence-electron chi connectivity index (χ4n) is 1.62. The second-order valence-corrected chi connectivity index (χ2v) is 3.23. The van der Waals surface area contributed by atoms with Gasteiger partial charge in [-0.05, 0) is 18.2 Å². The number of nitrogens with two attached hydrogens (primary N) is 1. The predicted octanol–water partition coefficient (Wildman–Crippen LogP) is 1.48. The average Bonchev–Trinajstić information content (AvgIpc) is 2.50. The molecule has 0 amide bonds. The molecule has 2 rings (SSSR count). The highest BCUT2D eigenvalue weighted by atomic mass is 19.1. The van der Waals surface area contributed by atoms with Gasteiger partial charge < -0.3 is 15.4 Å². The lowest BCUT2D eigenvalue weighted by Gasteiger charge is -2.01. The smallest absolute Gasteiger partial charge is 0.165 e. The zero-order valence-electron chi connectivity index (χ0n) is 7.79. The van der Waals surface area contributed by atoms with Crippen molar-refractivity contribution >= 4 is 10.9 Å². The van der Waals surface area contributed by atoms with Crippen LogP contribution in [0, 0.1) is 5.82 Å². The number of hydrogen-bond acceptors (Lipinski definition) is 2. The van der Waals surface area contributed by atoms with Crippen LogP contribution in [0.4, 0.5) is 4.39 Å². The van der Waals surface area contributed by atoms with E-state index in [1.165, 1.54) is 6.07 Å². The minimum atomic E-state index is -0.605. The maximum atomic E-state index is 13.0. The Morgan fingerprint density at radius 3 is 2.86 bits per heavy atom. The number of halogens is 1. The zero-order chi connectivity index (χ0) is 10.3. The van der Waals surface area contributed by atoms with Crippen molar-refractivity contribution in [2.45, 2.75) is 6.54 Å². The second-order valence-electron chi connectivity index (χ2n) is 3.23. The molecule has 1 aromatic carbocycles. The number of aryl methyl sites for hydroxylation is 1. The normalized spacial score (nSPS) is 11.1. The van der Waals surface area contributed by atoms with Crippen LogP contribution in [0.1, 0.15) is 5.69 Å². The lowest BCUT2D eigenvalue weighted by molar-refractivity contribution is 0.439. The highest BCUT2D eigenvalue weighted by Crippen LogP contribution is 2.29. The molecular weight excluding hydrogens is 183 g/mol. The van der Waals surface area contributed by atoms with E-state index in [0.29, 0.717) is 11.9 Å². The van der Waals surface area contributed by atoms with Crippen LogP contribution in [-0.4, -0.2) is 9.67 Å². The summed E-state index contributed by atoms with van der Waals surface area (Å²) in [5, 5.41) is 9.97. The summed E-state index contributed by atoms with van der Waals surface area (Å²) in [6.45, 7) is 0.367. The molecular formula is C10H11FN2O. The number of aromatic nitrogens is 1. The molecule has 1 heterocycles. The fourth-order valence-corrected chi connectivity index (χ4v) is 1.62. The summed E-state index contributed by atoms with van der Waals surface area (Å²) in [6, 6.07) is 4.58. The third-order valence-electron chi connectivity index (χ3n) is 2.46. The van der Waals surface area contributed by atoms with Crippen molar-refractivity contribution in [2.75, 3.05) is 0 Å². The Morgan fingerprint density at radius 1 is 1.50 bits per heavy atom. The summed E-state index contributed by atoms with van der Waals surface area (Å²) in [6.07, 6.45) is 0. The van der Waals surface area contributed by atoms with E-state index in [0.717, 1.165) is 11.2 Å². The minimum Gasteiger partial charge on any atom is -0.504 e. The highest BCUT2D eigenvalue weighted by Gasteiger charge is 2.11. The van der Waals surface area contributed by atoms with Gasteiger partial charge >= 0.3 is 0 Å². The molecule has 0 aliphatic rings. The molecule has 1 aromatic heterocycles. The van der Waals surface area contributed by atoms with Gasteiger partial charge in [-0.1, -0.05) is 0 Å². The zero-order valence-corrected chi connectivity index (χ0v) is 7.79. The summed E-state index contributed by atoms with van der Waals surface area (Å²) < 4.78 is 14.8. The number of hydrogen-bond donors (Lipinski definition) is 2. The van der Waals surface area contributed by atoms with Crippen LogP contribution in [-0.2, 0) is 13.6 Å². The van der Waals surface area contributed by atoms with E-state index >= 15 is 0 Å². The molecule has 0 spiro atoms. The van der Waals surface area contributed by atoms with Gasteiger partial charge in [-0.25, -0.2) is 4.39 Å². The van der Waals surface area contributed by atoms with Crippen molar-refractivity contribution in [3.05, 3.63) is 29.7 Å². The van der Waals surface area contributed by atoms with Crippen molar-refractivity contribution < 1.29 is 9.50 Å². The number of aromatic hydroxyl groups is 1. The molecule has 3 nitrogen and oxygen atoms in total. The largest absolute Gasteiger partial charge is 0.504 e. The third-order valence-corrected chi connectivity index (χ3v) is 2.46. The third kappa shape index (κ3) is 1.08. The van der Waals surface area contributed by atoms with Gasteiger partial charge in [0.15, 0.2) is 11.6 Å². The minimum absolute atomic E-state index is 0.308. The molecule has 2 aromatic rings. The molecule has 0 aliphatic heterocycles. The maximum Gasteiger partial charge on any atom is 0.165 e. The number of phenols is 1. The predicted molar refractivity (Wildman–Crippen MR) is 52.4 cm³/mol. The Bertz CT molecular complexity index is 490. The monoisotopic (exact) mass is 194 g/mol. The van der Waals surface area contributed by atoms with Gasteiger partial charge in [0.1, 0.15) is 0 Å². The lowest BCUT2D eigenvalue weighted by Crippen LogP contribution is -2.02. The number of phenolic OH excluding ortho intramolecular Hbond substituents is 1. The van der Waals surface area contributed by atoms with Gasteiger partial charge in [-0.15, -0.1) is 0 Å². The molecule has 74 valence electrons. The molecule has 0 saturated carbocycles. The first-order valence-corrected chi connectivity index (χ1v) is 4.31. The van der Waals surface area contributed by atoms with Gasteiger partial charge in [-0.3, -0.25) is 0 Å². The summed E-state index contributed by atoms with van der Waals surface area (Å²) in [7, 11) is 1.84. The molecule has 0 atom stereocenters. The molecule has 0 aliphatic carbocycles. The highest BCUT2D eigenvalue weighted by molar-refractivity contribution is 5.87. The Balaban J connectivity index is 2.85. The van der Waals surface area contributed by atoms with Crippen LogP contribution in [0.5, 0.6) is 5.75 Å². The fraction of sp³-hybridized carbons (Fsp3) is 0.200. The van der Waals surface area contributed by atoms with Crippen LogP contribution in [0.3, 0.4) is 0 Å². The van der Waals surface area contributed by atoms with Crippen LogP contribution in [0.2, 0.25) is 0 Å². The number of nitrogens with zero attached hydrogens (tertiary/aromatic N) is 1. The molecule has 0 saturated heterocycles. The van der Waals surface area contributed by atoms with E-state index < -0.39 is 5.82 Å². The summed E-state index contributed by atoms with van der Waals surface area (Å²) in [4.78, 5) is 0. The van der Waals surface area contributed by atoms with Crippen LogP contribution < -0.4 is 5.73 Å². The topological polar surface area (TPSA) is 51.2 Å². The standard InChI is InChI=1S/C10H11FN2O/c1-13-6(5-12)4-7-9(13)3-2-8(11)10(7)14/h2-4,14H,5,12H2,1H3. The van der Waals surface area contributed by atoms with Gasteiger partial charge in [0.25, 0.3) is 0 Å². The molecule has 3 N–H and O–H groups in total. The molecule has 4 heteroatoms. The molecule has 0 radical (unpaired) electrons. The summed E-state index contributed by atoms with van der Waals surface area (Å²) in [5.74, 6) is -0.913. The quantitative estimate of drug-likeness (QED) is 0.722. The van der Waals surface area contributed by atoms with E-state index in [1.807, 2.05) is 11.6 Å². The van der Waals surface area contributed by atoms with Gasteiger partial charge in [0, 0.05) is 24.7 Å². The molecule has 0 unspecified atom stereocenters. The number of rotatable bonds is 1. The maximum absolute atomic E-state index is 13.0. The second kappa shape index (κ2) is 2.99. The van der Waals surface area contributed by atoms with E-state index in [2.05, 4.69) is 0 Å². The van der Waals surface area contributed by atoms with Gasteiger partial charge in [0.2, 0.25) is 0 Å². The Kier molecular flexibility index (Phi) is 1.93. The van der Waals surface area contributed by atoms with Crippen molar-refractivity contribution in [2.24, 2.45) is 12.8 Å². The van der Waals surface area contributed by atoms with Crippen LogP contribution >= 0.6 is 0 Å². The Labute approximate surface area is 80.6 Å². The van der Waals surface area contributed by atoms with E-state index in [-0.39, 0.29) is 5.75 Å². The summed E-state index contributed by atoms with van der Waals surface area (Å²) in [5.41, 5.74) is 7.15. The van der Waals surface area contributed by atoms with Crippen molar-refractivity contribution in [3.8, 4) is 5.75 Å². The van der Waals surface area contributed by atoms with Crippen LogP contribution in [0.25, 0.3) is 10.9 Å². The van der Waals surface area contributed by atoms with E-state index in [1.54, 1.807) is 12.1 Å². The Morgan fingerprint density at radius 2 is 2.21 bits per heavy atom. The Hall–Kier alpha value is -1.55. The van der Waals surface area contributed by atoms with Crippen molar-refractivity contribution in [1.29, 1.82) is 0 Å². The number of benzene rings is 1. The van der Waals surface area contributed by atoms with Gasteiger partial charge in [0.05, 0.1) is 5.52 Å². The first-order chi connectivity index (χ1) is 6.65. The molecule has 14 heavy (non-hydrogen) atoms. The lowest BCUT2D eigenvalue weighted by atomic mass is 10.2. The summed E-state index contributed by atoms with van der Waals surface area (Å²) >= 11 is 0. The molecule has 0 bridgehead atoms. The average molecular weight is 194 g/mol.